The molecule has 3 aliphatic carbocycles. The van der Waals surface area contributed by atoms with E-state index in [1.54, 1.807) is 0 Å². The number of benzene rings is 7. The maximum absolute atomic E-state index is 5.22. The fourth-order valence-corrected chi connectivity index (χ4v) is 12.1. The zero-order valence-electron chi connectivity index (χ0n) is 41.4. The van der Waals surface area contributed by atoms with Gasteiger partial charge in [-0.05, 0) is 209 Å². The lowest BCUT2D eigenvalue weighted by atomic mass is 9.61. The maximum atomic E-state index is 5.22. The van der Waals surface area contributed by atoms with Gasteiger partial charge >= 0.3 is 0 Å². The number of aromatic nitrogens is 3. The maximum Gasteiger partial charge on any atom is 0.145 e. The third-order valence-corrected chi connectivity index (χ3v) is 16.5. The van der Waals surface area contributed by atoms with E-state index in [2.05, 4.69) is 218 Å². The molecule has 0 unspecified atom stereocenters. The van der Waals surface area contributed by atoms with E-state index in [-0.39, 0.29) is 21.7 Å². The molecular formula is C66H61N3. The van der Waals surface area contributed by atoms with E-state index in [1.165, 1.54) is 83.5 Å². The molecule has 0 fully saturated rings. The molecule has 340 valence electrons. The van der Waals surface area contributed by atoms with Gasteiger partial charge in [0.15, 0.2) is 0 Å². The normalized spacial score (nSPS) is 16.6. The first-order valence-electron chi connectivity index (χ1n) is 25.1. The van der Waals surface area contributed by atoms with Crippen LogP contribution in [0.5, 0.6) is 0 Å². The molecule has 0 N–H and O–H groups in total. The molecule has 0 aliphatic heterocycles. The van der Waals surface area contributed by atoms with Crippen molar-refractivity contribution < 1.29 is 0 Å². The number of imidazole rings is 1. The van der Waals surface area contributed by atoms with Crippen LogP contribution in [0.4, 0.5) is 0 Å². The molecule has 3 nitrogen and oxygen atoms in total. The molecule has 0 bridgehead atoms. The van der Waals surface area contributed by atoms with Crippen molar-refractivity contribution in [3.63, 3.8) is 0 Å². The van der Waals surface area contributed by atoms with Gasteiger partial charge in [-0.25, -0.2) is 4.98 Å². The van der Waals surface area contributed by atoms with Crippen LogP contribution in [0.3, 0.4) is 0 Å². The summed E-state index contributed by atoms with van der Waals surface area (Å²) in [6.07, 6.45) is 10.5. The number of hydrogen-bond donors (Lipinski definition) is 0. The van der Waals surface area contributed by atoms with Gasteiger partial charge in [-0.2, -0.15) is 0 Å². The summed E-state index contributed by atoms with van der Waals surface area (Å²) in [4.78, 5) is 10.3. The van der Waals surface area contributed by atoms with Crippen molar-refractivity contribution in [1.82, 2.24) is 14.5 Å². The number of rotatable bonds is 5. The average Bonchev–Trinajstić information content (AvgIpc) is 3.86. The van der Waals surface area contributed by atoms with Crippen LogP contribution < -0.4 is 0 Å². The van der Waals surface area contributed by atoms with Crippen molar-refractivity contribution >= 4 is 0 Å². The average molecular weight is 896 g/mol. The van der Waals surface area contributed by atoms with E-state index >= 15 is 0 Å². The Labute approximate surface area is 409 Å². The van der Waals surface area contributed by atoms with E-state index < -0.39 is 0 Å². The van der Waals surface area contributed by atoms with Gasteiger partial charge in [0, 0.05) is 35.4 Å². The first kappa shape index (κ1) is 43.2. The number of hydrogen-bond acceptors (Lipinski definition) is 2. The van der Waals surface area contributed by atoms with Gasteiger partial charge < -0.3 is 0 Å². The number of nitrogens with zero attached hydrogens (tertiary/aromatic N) is 3. The third-order valence-electron chi connectivity index (χ3n) is 16.5. The zero-order chi connectivity index (χ0) is 47.5. The summed E-state index contributed by atoms with van der Waals surface area (Å²) in [6, 6.07) is 59.4. The Balaban J connectivity index is 1.30. The molecule has 12 rings (SSSR count). The molecule has 0 radical (unpaired) electrons. The van der Waals surface area contributed by atoms with E-state index in [9.17, 15) is 0 Å². The molecular weight excluding hydrogens is 835 g/mol. The van der Waals surface area contributed by atoms with Gasteiger partial charge in [-0.3, -0.25) is 9.55 Å². The molecule has 3 heteroatoms. The summed E-state index contributed by atoms with van der Waals surface area (Å²) < 4.78 is 2.26. The highest BCUT2D eigenvalue weighted by molar-refractivity contribution is 6.08. The Hall–Kier alpha value is -7.10. The summed E-state index contributed by atoms with van der Waals surface area (Å²) in [5, 5.41) is 0. The van der Waals surface area contributed by atoms with Crippen LogP contribution in [0.15, 0.2) is 176 Å². The Morgan fingerprint density at radius 2 is 0.696 bits per heavy atom. The van der Waals surface area contributed by atoms with Crippen LogP contribution in [0.2, 0.25) is 0 Å². The van der Waals surface area contributed by atoms with Crippen LogP contribution >= 0.6 is 0 Å². The van der Waals surface area contributed by atoms with E-state index in [4.69, 9.17) is 9.97 Å². The first-order chi connectivity index (χ1) is 33.2. The van der Waals surface area contributed by atoms with Crippen LogP contribution in [-0.4, -0.2) is 14.5 Å². The smallest absolute Gasteiger partial charge is 0.145 e. The number of pyridine rings is 1. The third kappa shape index (κ3) is 7.07. The monoisotopic (exact) mass is 895 g/mol. The second-order valence-corrected chi connectivity index (χ2v) is 22.7. The lowest BCUT2D eigenvalue weighted by Crippen LogP contribution is -2.34. The fourth-order valence-electron chi connectivity index (χ4n) is 12.1. The standard InChI is InChI=1S/C66H61N3/c1-63(2)28-30-66(7,8)60-41-54-50-37-56(62-68-32-33-69(62)44-24-16-11-17-25-44)46(43-22-14-10-15-23-43)35-48(50)52-39-58-59(65(5,6)29-27-64(58,3)4)40-53(52)49-36-55(61-26-18-19-31-67-61)45(42-20-12-9-13-21-42)34-47(49)51(54)38-57(60)63/h9-26,31-41H,27-30H2,1-8H3. The summed E-state index contributed by atoms with van der Waals surface area (Å²) >= 11 is 0. The number of para-hydroxylation sites is 1. The molecule has 0 spiro atoms. The van der Waals surface area contributed by atoms with Crippen molar-refractivity contribution in [1.29, 1.82) is 0 Å². The Morgan fingerprint density at radius 1 is 0.333 bits per heavy atom. The molecule has 0 atom stereocenters. The predicted molar refractivity (Wildman–Crippen MR) is 289 cm³/mol. The van der Waals surface area contributed by atoms with Gasteiger partial charge in [0.2, 0.25) is 0 Å². The zero-order valence-corrected chi connectivity index (χ0v) is 41.4. The SMILES string of the molecule is CC1(C)CCC(C)(C)c2cc3c(cc21)-c1cc(-c2ccccc2)c(-c2ccccn2)cc1-c1cc2c(cc1-c1cc(-c4ccccc4)c(-c4nccn4-c4ccccc4)cc1-3)C(C)(C)CCC2(C)C. The second-order valence-electron chi connectivity index (χ2n) is 22.7. The Morgan fingerprint density at radius 3 is 1.12 bits per heavy atom. The summed E-state index contributed by atoms with van der Waals surface area (Å²) in [6.45, 7) is 19.7. The Kier molecular flexibility index (Phi) is 9.84. The quantitative estimate of drug-likeness (QED) is 0.172. The van der Waals surface area contributed by atoms with E-state index in [0.29, 0.717) is 0 Å². The Bertz CT molecular complexity index is 3440. The lowest BCUT2D eigenvalue weighted by Gasteiger charge is -2.43. The number of fused-ring (bicyclic) bond motifs is 10. The predicted octanol–water partition coefficient (Wildman–Crippen LogP) is 17.6. The van der Waals surface area contributed by atoms with Gasteiger partial charge in [-0.15, -0.1) is 0 Å². The van der Waals surface area contributed by atoms with Crippen molar-refractivity contribution in [2.45, 2.75) is 103 Å². The lowest BCUT2D eigenvalue weighted by molar-refractivity contribution is 0.332. The molecule has 9 aromatic rings. The second kappa shape index (κ2) is 15.7. The minimum atomic E-state index is -0.00770. The molecule has 0 saturated carbocycles. The van der Waals surface area contributed by atoms with E-state index in [1.807, 2.05) is 18.5 Å². The molecule has 0 amide bonds. The topological polar surface area (TPSA) is 30.7 Å². The van der Waals surface area contributed by atoms with Crippen molar-refractivity contribution in [2.75, 3.05) is 0 Å². The summed E-state index contributed by atoms with van der Waals surface area (Å²) in [7, 11) is 0. The molecule has 7 aromatic carbocycles. The van der Waals surface area contributed by atoms with Crippen LogP contribution in [0.25, 0.3) is 95.1 Å². The van der Waals surface area contributed by atoms with Gasteiger partial charge in [0.1, 0.15) is 5.82 Å². The van der Waals surface area contributed by atoms with Crippen molar-refractivity contribution in [3.05, 3.63) is 199 Å². The van der Waals surface area contributed by atoms with Gasteiger partial charge in [0.05, 0.1) is 5.69 Å². The highest BCUT2D eigenvalue weighted by Gasteiger charge is 2.41. The molecule has 69 heavy (non-hydrogen) atoms. The van der Waals surface area contributed by atoms with E-state index in [0.717, 1.165) is 59.6 Å². The van der Waals surface area contributed by atoms with Crippen LogP contribution in [0.1, 0.15) is 103 Å². The molecule has 3 aliphatic rings. The van der Waals surface area contributed by atoms with Gasteiger partial charge in [-0.1, -0.05) is 140 Å². The highest BCUT2D eigenvalue weighted by atomic mass is 15.1. The molecule has 0 saturated heterocycles. The minimum absolute atomic E-state index is 0.000798. The fraction of sp³-hybridized carbons (Fsp3) is 0.242. The minimum Gasteiger partial charge on any atom is -0.300 e. The van der Waals surface area contributed by atoms with Crippen LogP contribution in [-0.2, 0) is 21.7 Å². The van der Waals surface area contributed by atoms with Crippen LogP contribution in [0, 0.1) is 0 Å². The summed E-state index contributed by atoms with van der Waals surface area (Å²) in [5.74, 6) is 0.922. The first-order valence-corrected chi connectivity index (χ1v) is 25.1. The van der Waals surface area contributed by atoms with Gasteiger partial charge in [0.25, 0.3) is 0 Å². The van der Waals surface area contributed by atoms with Crippen molar-refractivity contribution in [2.24, 2.45) is 0 Å². The summed E-state index contributed by atoms with van der Waals surface area (Å²) in [5.41, 5.74) is 24.9. The van der Waals surface area contributed by atoms with Crippen molar-refractivity contribution in [3.8, 4) is 95.1 Å². The molecule has 2 aromatic heterocycles. The highest BCUT2D eigenvalue weighted by Crippen LogP contribution is 2.58. The largest absolute Gasteiger partial charge is 0.300 e. The molecule has 2 heterocycles.